The number of amides is 1. The van der Waals surface area contributed by atoms with E-state index in [1.807, 2.05) is 18.2 Å². The van der Waals surface area contributed by atoms with E-state index in [2.05, 4.69) is 20.9 Å². The van der Waals surface area contributed by atoms with Gasteiger partial charge in [0.25, 0.3) is 5.91 Å². The molecule has 30 heavy (non-hydrogen) atoms. The van der Waals surface area contributed by atoms with Gasteiger partial charge in [0.2, 0.25) is 6.79 Å². The summed E-state index contributed by atoms with van der Waals surface area (Å²) in [6.07, 6.45) is 1.66. The number of fused-ring (bicyclic) bond motifs is 1. The standard InChI is InChI=1S/C23H14BrFN2O3/c24-15-4-3-5-16(12-15)27-22(17-6-1-2-7-18(17)25)26-19(23(27)28)10-14-8-9-20-21(11-14)30-13-29-20/h1-12H,13H2/b19-10+. The van der Waals surface area contributed by atoms with E-state index in [1.165, 1.54) is 11.0 Å². The summed E-state index contributed by atoms with van der Waals surface area (Å²) in [6, 6.07) is 18.9. The van der Waals surface area contributed by atoms with Crippen LogP contribution in [-0.4, -0.2) is 18.5 Å². The molecule has 2 aliphatic rings. The fourth-order valence-corrected chi connectivity index (χ4v) is 3.74. The van der Waals surface area contributed by atoms with Crippen molar-refractivity contribution in [2.24, 2.45) is 4.99 Å². The molecule has 0 N–H and O–H groups in total. The summed E-state index contributed by atoms with van der Waals surface area (Å²) < 4.78 is 26.1. The van der Waals surface area contributed by atoms with Crippen molar-refractivity contribution < 1.29 is 18.7 Å². The fraction of sp³-hybridized carbons (Fsp3) is 0.0435. The number of hydrogen-bond donors (Lipinski definition) is 0. The van der Waals surface area contributed by atoms with Crippen molar-refractivity contribution in [3.05, 3.63) is 93.8 Å². The first kappa shape index (κ1) is 18.6. The highest BCUT2D eigenvalue weighted by atomic mass is 79.9. The maximum Gasteiger partial charge on any atom is 0.282 e. The molecule has 0 fully saturated rings. The van der Waals surface area contributed by atoms with Crippen LogP contribution in [0, 0.1) is 5.82 Å². The fourth-order valence-electron chi connectivity index (χ4n) is 3.36. The van der Waals surface area contributed by atoms with Crippen molar-refractivity contribution in [3.8, 4) is 11.5 Å². The Balaban J connectivity index is 1.62. The van der Waals surface area contributed by atoms with Gasteiger partial charge in [-0.3, -0.25) is 9.69 Å². The molecule has 0 spiro atoms. The summed E-state index contributed by atoms with van der Waals surface area (Å²) in [5.74, 6) is 0.707. The highest BCUT2D eigenvalue weighted by Crippen LogP contribution is 2.34. The van der Waals surface area contributed by atoms with Crippen LogP contribution in [0.3, 0.4) is 0 Å². The summed E-state index contributed by atoms with van der Waals surface area (Å²) in [4.78, 5) is 19.2. The van der Waals surface area contributed by atoms with Crippen molar-refractivity contribution in [2.45, 2.75) is 0 Å². The number of aliphatic imine (C=N–C) groups is 1. The predicted molar refractivity (Wildman–Crippen MR) is 115 cm³/mol. The van der Waals surface area contributed by atoms with Crippen LogP contribution in [0.2, 0.25) is 0 Å². The number of rotatable bonds is 3. The van der Waals surface area contributed by atoms with Crippen molar-refractivity contribution in [1.29, 1.82) is 0 Å². The van der Waals surface area contributed by atoms with E-state index in [1.54, 1.807) is 48.5 Å². The zero-order valence-corrected chi connectivity index (χ0v) is 17.1. The highest BCUT2D eigenvalue weighted by molar-refractivity contribution is 9.10. The van der Waals surface area contributed by atoms with E-state index in [-0.39, 0.29) is 29.8 Å². The normalized spacial score (nSPS) is 16.3. The molecule has 5 rings (SSSR count). The molecule has 0 unspecified atom stereocenters. The predicted octanol–water partition coefficient (Wildman–Crippen LogP) is 5.15. The molecule has 2 aliphatic heterocycles. The maximum atomic E-state index is 14.6. The number of halogens is 2. The molecular weight excluding hydrogens is 451 g/mol. The molecule has 7 heteroatoms. The molecule has 5 nitrogen and oxygen atoms in total. The lowest BCUT2D eigenvalue weighted by Crippen LogP contribution is -2.33. The van der Waals surface area contributed by atoms with Crippen molar-refractivity contribution in [2.75, 3.05) is 11.7 Å². The van der Waals surface area contributed by atoms with E-state index < -0.39 is 5.82 Å². The minimum absolute atomic E-state index is 0.167. The summed E-state index contributed by atoms with van der Waals surface area (Å²) in [5.41, 5.74) is 1.77. The second-order valence-corrected chi connectivity index (χ2v) is 7.59. The summed E-state index contributed by atoms with van der Waals surface area (Å²) in [6.45, 7) is 0.167. The van der Waals surface area contributed by atoms with Crippen molar-refractivity contribution >= 4 is 39.4 Å². The maximum absolute atomic E-state index is 14.6. The van der Waals surface area contributed by atoms with Crippen LogP contribution in [-0.2, 0) is 4.79 Å². The van der Waals surface area contributed by atoms with Gasteiger partial charge in [0.05, 0.1) is 11.3 Å². The van der Waals surface area contributed by atoms with Gasteiger partial charge in [-0.15, -0.1) is 0 Å². The van der Waals surface area contributed by atoms with E-state index in [0.29, 0.717) is 17.2 Å². The molecule has 1 amide bonds. The number of nitrogens with zero attached hydrogens (tertiary/aromatic N) is 2. The Bertz CT molecular complexity index is 1240. The Morgan fingerprint density at radius 2 is 1.83 bits per heavy atom. The molecular formula is C23H14BrFN2O3. The molecule has 0 aliphatic carbocycles. The number of carbonyl (C=O) groups is 1. The van der Waals surface area contributed by atoms with Gasteiger partial charge < -0.3 is 9.47 Å². The molecule has 3 aromatic rings. The van der Waals surface area contributed by atoms with Crippen LogP contribution >= 0.6 is 15.9 Å². The third-order valence-electron chi connectivity index (χ3n) is 4.74. The largest absolute Gasteiger partial charge is 0.454 e. The Hall–Kier alpha value is -3.45. The molecule has 3 aromatic carbocycles. The molecule has 0 saturated carbocycles. The Labute approximate surface area is 180 Å². The molecule has 148 valence electrons. The molecule has 2 heterocycles. The average molecular weight is 465 g/mol. The SMILES string of the molecule is O=C1/C(=C\c2ccc3c(c2)OCO3)N=C(c2ccccc2F)N1c1cccc(Br)c1. The zero-order valence-electron chi connectivity index (χ0n) is 15.5. The number of ether oxygens (including phenoxy) is 2. The molecule has 0 bridgehead atoms. The smallest absolute Gasteiger partial charge is 0.282 e. The van der Waals surface area contributed by atoms with Gasteiger partial charge >= 0.3 is 0 Å². The highest BCUT2D eigenvalue weighted by Gasteiger charge is 2.33. The van der Waals surface area contributed by atoms with Gasteiger partial charge in [-0.2, -0.15) is 0 Å². The van der Waals surface area contributed by atoms with E-state index in [9.17, 15) is 9.18 Å². The minimum Gasteiger partial charge on any atom is -0.454 e. The first-order valence-electron chi connectivity index (χ1n) is 9.15. The van der Waals surface area contributed by atoms with Gasteiger partial charge in [-0.1, -0.05) is 40.2 Å². The lowest BCUT2D eigenvalue weighted by Gasteiger charge is -2.19. The van der Waals surface area contributed by atoms with Gasteiger partial charge in [-0.05, 0) is 54.1 Å². The Kier molecular flexibility index (Phi) is 4.59. The lowest BCUT2D eigenvalue weighted by atomic mass is 10.1. The number of benzene rings is 3. The average Bonchev–Trinajstić information content (AvgIpc) is 3.33. The summed E-state index contributed by atoms with van der Waals surface area (Å²) >= 11 is 3.43. The molecule has 0 saturated heterocycles. The van der Waals surface area contributed by atoms with E-state index >= 15 is 0 Å². The summed E-state index contributed by atoms with van der Waals surface area (Å²) in [5, 5.41) is 0. The van der Waals surface area contributed by atoms with Gasteiger partial charge in [0.15, 0.2) is 17.3 Å². The van der Waals surface area contributed by atoms with E-state index in [0.717, 1.165) is 10.0 Å². The van der Waals surface area contributed by atoms with Crippen molar-refractivity contribution in [1.82, 2.24) is 0 Å². The van der Waals surface area contributed by atoms with Crippen LogP contribution in [0.1, 0.15) is 11.1 Å². The molecule has 0 atom stereocenters. The molecule has 0 aromatic heterocycles. The quantitative estimate of drug-likeness (QED) is 0.503. The van der Waals surface area contributed by atoms with Crippen LogP contribution in [0.5, 0.6) is 11.5 Å². The first-order valence-corrected chi connectivity index (χ1v) is 9.94. The topological polar surface area (TPSA) is 51.1 Å². The summed E-state index contributed by atoms with van der Waals surface area (Å²) in [7, 11) is 0. The van der Waals surface area contributed by atoms with Crippen LogP contribution in [0.25, 0.3) is 6.08 Å². The number of anilines is 1. The number of hydrogen-bond acceptors (Lipinski definition) is 4. The minimum atomic E-state index is -0.451. The lowest BCUT2D eigenvalue weighted by molar-refractivity contribution is -0.113. The Morgan fingerprint density at radius 1 is 1.00 bits per heavy atom. The van der Waals surface area contributed by atoms with Gasteiger partial charge in [0.1, 0.15) is 11.5 Å². The number of amidine groups is 1. The second-order valence-electron chi connectivity index (χ2n) is 6.68. The van der Waals surface area contributed by atoms with Gasteiger partial charge in [-0.25, -0.2) is 9.38 Å². The van der Waals surface area contributed by atoms with E-state index in [4.69, 9.17) is 9.47 Å². The van der Waals surface area contributed by atoms with Crippen LogP contribution in [0.4, 0.5) is 10.1 Å². The third-order valence-corrected chi connectivity index (χ3v) is 5.23. The van der Waals surface area contributed by atoms with Gasteiger partial charge in [0, 0.05) is 4.47 Å². The van der Waals surface area contributed by atoms with Crippen LogP contribution in [0.15, 0.2) is 81.9 Å². The second kappa shape index (κ2) is 7.42. The Morgan fingerprint density at radius 3 is 2.67 bits per heavy atom. The first-order chi connectivity index (χ1) is 14.6. The van der Waals surface area contributed by atoms with Crippen LogP contribution < -0.4 is 14.4 Å². The molecule has 0 radical (unpaired) electrons. The van der Waals surface area contributed by atoms with Crippen molar-refractivity contribution in [3.63, 3.8) is 0 Å². The third kappa shape index (κ3) is 3.27. The monoisotopic (exact) mass is 464 g/mol. The zero-order chi connectivity index (χ0) is 20.7. The number of carbonyl (C=O) groups excluding carboxylic acids is 1.